The van der Waals surface area contributed by atoms with E-state index in [1.807, 2.05) is 4.90 Å². The third-order valence-electron chi connectivity index (χ3n) is 5.42. The highest BCUT2D eigenvalue weighted by molar-refractivity contribution is 7.11. The minimum absolute atomic E-state index is 0.0149. The maximum absolute atomic E-state index is 14.2. The Morgan fingerprint density at radius 3 is 2.68 bits per heavy atom. The third-order valence-corrected chi connectivity index (χ3v) is 7.73. The number of hydrogen-bond donors (Lipinski definition) is 1. The summed E-state index contributed by atoms with van der Waals surface area (Å²) in [5, 5.41) is 5.17. The fourth-order valence-electron chi connectivity index (χ4n) is 3.80. The van der Waals surface area contributed by atoms with E-state index in [-0.39, 0.29) is 28.9 Å². The van der Waals surface area contributed by atoms with Crippen molar-refractivity contribution in [1.29, 1.82) is 0 Å². The molecule has 1 saturated heterocycles. The molecule has 0 aliphatic carbocycles. The zero-order valence-corrected chi connectivity index (χ0v) is 20.7. The monoisotopic (exact) mass is 550 g/mol. The molecule has 34 heavy (non-hydrogen) atoms. The number of thiazole rings is 2. The van der Waals surface area contributed by atoms with Crippen molar-refractivity contribution in [3.63, 3.8) is 0 Å². The maximum atomic E-state index is 14.2. The lowest BCUT2D eigenvalue weighted by molar-refractivity contribution is 0.0701. The first-order valence-electron chi connectivity index (χ1n) is 10.3. The van der Waals surface area contributed by atoms with Gasteiger partial charge in [-0.3, -0.25) is 9.69 Å². The van der Waals surface area contributed by atoms with E-state index in [0.29, 0.717) is 41.2 Å². The van der Waals surface area contributed by atoms with Gasteiger partial charge in [-0.2, -0.15) is 4.98 Å². The van der Waals surface area contributed by atoms with E-state index in [1.165, 1.54) is 29.0 Å². The number of halogens is 5. The van der Waals surface area contributed by atoms with E-state index in [2.05, 4.69) is 15.3 Å². The molecule has 1 fully saturated rings. The van der Waals surface area contributed by atoms with Crippen LogP contribution in [0.3, 0.4) is 0 Å². The second kappa shape index (κ2) is 11.2. The molecule has 6 nitrogen and oxygen atoms in total. The molecule has 182 valence electrons. The predicted molar refractivity (Wildman–Crippen MR) is 126 cm³/mol. The van der Waals surface area contributed by atoms with Crippen molar-refractivity contribution in [2.75, 3.05) is 19.6 Å². The first-order valence-corrected chi connectivity index (χ1v) is 12.8. The van der Waals surface area contributed by atoms with Crippen LogP contribution in [0.4, 0.5) is 13.2 Å². The van der Waals surface area contributed by atoms with Gasteiger partial charge in [0, 0.05) is 25.0 Å². The van der Waals surface area contributed by atoms with Crippen LogP contribution in [0.5, 0.6) is 5.19 Å². The summed E-state index contributed by atoms with van der Waals surface area (Å²) >= 11 is 14.2. The second-order valence-corrected chi connectivity index (χ2v) is 10.0. The number of ether oxygens (including phenoxy) is 1. The van der Waals surface area contributed by atoms with E-state index < -0.39 is 24.2 Å². The highest BCUT2D eigenvalue weighted by Crippen LogP contribution is 2.35. The molecule has 0 bridgehead atoms. The molecule has 1 aromatic carbocycles. The van der Waals surface area contributed by atoms with Gasteiger partial charge >= 0.3 is 0 Å². The summed E-state index contributed by atoms with van der Waals surface area (Å²) in [5.41, 5.74) is 0.765. The molecule has 1 atom stereocenters. The number of hydrogen-bond acceptors (Lipinski definition) is 7. The third kappa shape index (κ3) is 5.83. The number of benzene rings is 1. The van der Waals surface area contributed by atoms with E-state index in [1.54, 1.807) is 5.38 Å². The molecule has 1 unspecified atom stereocenters. The topological polar surface area (TPSA) is 67.4 Å². The summed E-state index contributed by atoms with van der Waals surface area (Å²) in [4.78, 5) is 22.9. The Kier molecular flexibility index (Phi) is 8.30. The molecule has 1 N–H and O–H groups in total. The van der Waals surface area contributed by atoms with Gasteiger partial charge in [-0.1, -0.05) is 40.6 Å². The minimum atomic E-state index is -2.75. The van der Waals surface area contributed by atoms with E-state index in [9.17, 15) is 18.0 Å². The van der Waals surface area contributed by atoms with Crippen molar-refractivity contribution in [2.24, 2.45) is 0 Å². The number of rotatable bonds is 8. The van der Waals surface area contributed by atoms with E-state index in [4.69, 9.17) is 27.9 Å². The van der Waals surface area contributed by atoms with Crippen molar-refractivity contribution < 1.29 is 22.7 Å². The SMILES string of the molecule is O=C(NCC(c1scnc1C(F)F)N1CCC(Oc2nc(Cl)cs2)CC1)c1c(F)cccc1Cl. The number of amides is 1. The predicted octanol–water partition coefficient (Wildman–Crippen LogP) is 6.00. The first-order chi connectivity index (χ1) is 16.3. The van der Waals surface area contributed by atoms with Crippen LogP contribution in [0.1, 0.15) is 46.2 Å². The zero-order valence-electron chi connectivity index (χ0n) is 17.5. The number of nitrogens with zero attached hydrogens (tertiary/aromatic N) is 3. The number of carbonyl (C=O) groups is 1. The quantitative estimate of drug-likeness (QED) is 0.372. The molecule has 1 aliphatic heterocycles. The molecule has 3 aromatic rings. The van der Waals surface area contributed by atoms with Gasteiger partial charge in [0.05, 0.1) is 27.0 Å². The molecule has 1 aliphatic rings. The van der Waals surface area contributed by atoms with Gasteiger partial charge in [0.15, 0.2) is 0 Å². The van der Waals surface area contributed by atoms with Crippen LogP contribution in [-0.4, -0.2) is 46.5 Å². The van der Waals surface area contributed by atoms with Crippen LogP contribution >= 0.6 is 45.9 Å². The standard InChI is InChI=1S/C21H19Cl2F3N4O2S2/c22-12-2-1-3-13(24)16(12)20(31)27-8-14(18-17(19(25)26)28-10-34-18)30-6-4-11(5-7-30)32-21-29-15(23)9-33-21/h1-3,9-11,14,19H,4-8H2,(H,27,31). The van der Waals surface area contributed by atoms with Gasteiger partial charge in [-0.05, 0) is 25.0 Å². The highest BCUT2D eigenvalue weighted by atomic mass is 35.5. The van der Waals surface area contributed by atoms with Gasteiger partial charge in [-0.25, -0.2) is 18.2 Å². The summed E-state index contributed by atoms with van der Waals surface area (Å²) in [7, 11) is 0. The molecular weight excluding hydrogens is 532 g/mol. The molecule has 4 rings (SSSR count). The van der Waals surface area contributed by atoms with Crippen LogP contribution in [0, 0.1) is 5.82 Å². The van der Waals surface area contributed by atoms with Gasteiger partial charge in [-0.15, -0.1) is 11.3 Å². The summed E-state index contributed by atoms with van der Waals surface area (Å²) in [6.07, 6.45) is -1.59. The molecule has 2 aromatic heterocycles. The Hall–Kier alpha value is -1.92. The number of likely N-dealkylation sites (tertiary alicyclic amines) is 1. The molecule has 0 radical (unpaired) electrons. The smallest absolute Gasteiger partial charge is 0.281 e. The highest BCUT2D eigenvalue weighted by Gasteiger charge is 2.32. The number of carbonyl (C=O) groups excluding carboxylic acids is 1. The Labute approximate surface area is 211 Å². The van der Waals surface area contributed by atoms with Crippen molar-refractivity contribution in [1.82, 2.24) is 20.2 Å². The summed E-state index contributed by atoms with van der Waals surface area (Å²) in [6, 6.07) is 3.38. The lowest BCUT2D eigenvalue weighted by Crippen LogP contribution is -2.44. The fraction of sp³-hybridized carbons (Fsp3) is 0.381. The second-order valence-electron chi connectivity index (χ2n) is 7.51. The van der Waals surface area contributed by atoms with Crippen LogP contribution in [0.25, 0.3) is 0 Å². The Morgan fingerprint density at radius 2 is 2.03 bits per heavy atom. The van der Waals surface area contributed by atoms with Crippen LogP contribution in [0.2, 0.25) is 10.2 Å². The molecule has 0 spiro atoms. The van der Waals surface area contributed by atoms with Crippen molar-refractivity contribution in [3.8, 4) is 5.19 Å². The van der Waals surface area contributed by atoms with Crippen LogP contribution in [0.15, 0.2) is 29.1 Å². The maximum Gasteiger partial charge on any atom is 0.281 e. The van der Waals surface area contributed by atoms with Gasteiger partial charge in [0.2, 0.25) is 0 Å². The summed E-state index contributed by atoms with van der Waals surface area (Å²) in [5.74, 6) is -1.47. The van der Waals surface area contributed by atoms with Crippen molar-refractivity contribution >= 4 is 51.8 Å². The van der Waals surface area contributed by atoms with E-state index >= 15 is 0 Å². The molecule has 13 heteroatoms. The average Bonchev–Trinajstić information content (AvgIpc) is 3.44. The number of piperidine rings is 1. The summed E-state index contributed by atoms with van der Waals surface area (Å²) < 4.78 is 47.2. The lowest BCUT2D eigenvalue weighted by atomic mass is 10.0. The van der Waals surface area contributed by atoms with Crippen LogP contribution < -0.4 is 10.1 Å². The first kappa shape index (κ1) is 25.2. The van der Waals surface area contributed by atoms with E-state index in [0.717, 1.165) is 17.4 Å². The average molecular weight is 551 g/mol. The van der Waals surface area contributed by atoms with Gasteiger partial charge in [0.1, 0.15) is 22.8 Å². The number of aromatic nitrogens is 2. The van der Waals surface area contributed by atoms with Crippen molar-refractivity contribution in [3.05, 3.63) is 61.2 Å². The Balaban J connectivity index is 1.48. The zero-order chi connectivity index (χ0) is 24.2. The molecule has 3 heterocycles. The normalized spacial score (nSPS) is 16.1. The molecule has 0 saturated carbocycles. The number of nitrogens with one attached hydrogen (secondary N) is 1. The van der Waals surface area contributed by atoms with Gasteiger partial charge in [0.25, 0.3) is 17.5 Å². The summed E-state index contributed by atoms with van der Waals surface area (Å²) in [6.45, 7) is 1.05. The van der Waals surface area contributed by atoms with Gasteiger partial charge < -0.3 is 10.1 Å². The lowest BCUT2D eigenvalue weighted by Gasteiger charge is -2.37. The minimum Gasteiger partial charge on any atom is -0.467 e. The molecular formula is C21H19Cl2F3N4O2S2. The largest absolute Gasteiger partial charge is 0.467 e. The number of alkyl halides is 2. The Morgan fingerprint density at radius 1 is 1.26 bits per heavy atom. The van der Waals surface area contributed by atoms with Crippen LogP contribution in [-0.2, 0) is 0 Å². The molecule has 1 amide bonds. The fourth-order valence-corrected chi connectivity index (χ4v) is 5.83. The Bertz CT molecular complexity index is 1120. The van der Waals surface area contributed by atoms with Crippen molar-refractivity contribution in [2.45, 2.75) is 31.4 Å².